The molecule has 0 saturated carbocycles. The van der Waals surface area contributed by atoms with Crippen LogP contribution in [0, 0.1) is 6.92 Å². The van der Waals surface area contributed by atoms with Crippen LogP contribution < -0.4 is 5.32 Å². The van der Waals surface area contributed by atoms with Crippen molar-refractivity contribution in [3.05, 3.63) is 82.6 Å². The number of anilines is 1. The molecule has 2 aromatic heterocycles. The molecule has 0 fully saturated rings. The Kier molecular flexibility index (Phi) is 7.03. The molecule has 0 unspecified atom stereocenters. The summed E-state index contributed by atoms with van der Waals surface area (Å²) in [7, 11) is 0. The lowest BCUT2D eigenvalue weighted by molar-refractivity contribution is -0.137. The lowest BCUT2D eigenvalue weighted by atomic mass is 10.1. The molecule has 0 aliphatic rings. The first-order valence-electron chi connectivity index (χ1n) is 9.94. The summed E-state index contributed by atoms with van der Waals surface area (Å²) in [5.74, 6) is -0.196. The van der Waals surface area contributed by atoms with E-state index in [0.29, 0.717) is 11.0 Å². The van der Waals surface area contributed by atoms with Crippen molar-refractivity contribution >= 4 is 39.3 Å². The Bertz CT molecular complexity index is 1330. The average Bonchev–Trinajstić information content (AvgIpc) is 3.23. The molecular weight excluding hydrogens is 531 g/mol. The van der Waals surface area contributed by atoms with E-state index in [1.165, 1.54) is 12.1 Å². The second kappa shape index (κ2) is 9.98. The summed E-state index contributed by atoms with van der Waals surface area (Å²) in [5.41, 5.74) is 1.37. The van der Waals surface area contributed by atoms with Crippen molar-refractivity contribution in [1.29, 1.82) is 0 Å². The minimum Gasteiger partial charge on any atom is -0.325 e. The van der Waals surface area contributed by atoms with Gasteiger partial charge < -0.3 is 5.32 Å². The van der Waals surface area contributed by atoms with Gasteiger partial charge in [0.15, 0.2) is 11.0 Å². The highest BCUT2D eigenvalue weighted by Crippen LogP contribution is 2.37. The van der Waals surface area contributed by atoms with Crippen molar-refractivity contribution in [1.82, 2.24) is 19.7 Å². The van der Waals surface area contributed by atoms with Crippen molar-refractivity contribution in [2.75, 3.05) is 11.1 Å². The third-order valence-corrected chi connectivity index (χ3v) is 6.15. The molecular formula is C23H17BrF3N5OS. The second-order valence-electron chi connectivity index (χ2n) is 7.24. The number of nitrogens with one attached hydrogen (secondary N) is 1. The number of halogens is 4. The number of aryl methyl sites for hydroxylation is 1. The Hall–Kier alpha value is -3.18. The first-order chi connectivity index (χ1) is 16.2. The zero-order valence-electron chi connectivity index (χ0n) is 17.7. The molecule has 11 heteroatoms. The molecule has 34 heavy (non-hydrogen) atoms. The number of carbonyl (C=O) groups is 1. The van der Waals surface area contributed by atoms with E-state index in [1.807, 2.05) is 31.2 Å². The van der Waals surface area contributed by atoms with E-state index in [4.69, 9.17) is 0 Å². The van der Waals surface area contributed by atoms with Crippen LogP contribution in [0.2, 0.25) is 0 Å². The van der Waals surface area contributed by atoms with Crippen molar-refractivity contribution in [2.24, 2.45) is 0 Å². The Labute approximate surface area is 205 Å². The maximum atomic E-state index is 13.4. The van der Waals surface area contributed by atoms with Crippen molar-refractivity contribution in [3.63, 3.8) is 0 Å². The van der Waals surface area contributed by atoms with E-state index in [1.54, 1.807) is 29.1 Å². The van der Waals surface area contributed by atoms with Crippen LogP contribution in [0.15, 0.2) is 76.6 Å². The maximum absolute atomic E-state index is 13.4. The predicted molar refractivity (Wildman–Crippen MR) is 128 cm³/mol. The number of carbonyl (C=O) groups excluding carboxylic acids is 1. The first kappa shape index (κ1) is 24.0. The van der Waals surface area contributed by atoms with Crippen molar-refractivity contribution in [2.45, 2.75) is 18.3 Å². The molecule has 0 radical (unpaired) electrons. The fourth-order valence-electron chi connectivity index (χ4n) is 3.23. The molecule has 2 heterocycles. The van der Waals surface area contributed by atoms with Gasteiger partial charge in [0.25, 0.3) is 0 Å². The fraction of sp³-hybridized carbons (Fsp3) is 0.130. The van der Waals surface area contributed by atoms with Crippen LogP contribution in [0.4, 0.5) is 18.9 Å². The van der Waals surface area contributed by atoms with Crippen LogP contribution in [-0.4, -0.2) is 31.4 Å². The van der Waals surface area contributed by atoms with Gasteiger partial charge in [-0.3, -0.25) is 14.3 Å². The van der Waals surface area contributed by atoms with E-state index in [9.17, 15) is 18.0 Å². The summed E-state index contributed by atoms with van der Waals surface area (Å²) in [6.07, 6.45) is -1.33. The Morgan fingerprint density at radius 1 is 1.09 bits per heavy atom. The monoisotopic (exact) mass is 547 g/mol. The predicted octanol–water partition coefficient (Wildman–Crippen LogP) is 6.15. The molecule has 4 rings (SSSR count). The number of benzene rings is 2. The Balaban J connectivity index is 1.60. The van der Waals surface area contributed by atoms with Crippen LogP contribution in [0.5, 0.6) is 0 Å². The fourth-order valence-corrected chi connectivity index (χ4v) is 4.34. The number of thioether (sulfide) groups is 1. The summed E-state index contributed by atoms with van der Waals surface area (Å²) in [6.45, 7) is 1.96. The molecule has 0 saturated heterocycles. The third kappa shape index (κ3) is 5.48. The minimum atomic E-state index is -4.61. The van der Waals surface area contributed by atoms with Gasteiger partial charge in [-0.2, -0.15) is 13.2 Å². The molecule has 4 aromatic rings. The van der Waals surface area contributed by atoms with E-state index in [-0.39, 0.29) is 15.9 Å². The van der Waals surface area contributed by atoms with Crippen LogP contribution in [0.25, 0.3) is 17.1 Å². The smallest absolute Gasteiger partial charge is 0.325 e. The second-order valence-corrected chi connectivity index (χ2v) is 9.10. The maximum Gasteiger partial charge on any atom is 0.418 e. The van der Waals surface area contributed by atoms with E-state index >= 15 is 0 Å². The largest absolute Gasteiger partial charge is 0.418 e. The molecule has 0 aliphatic carbocycles. The standard InChI is InChI=1S/C23H17BrF3N5OS/c1-14-3-2-4-17(11-14)32-21(15-7-9-28-10-8-15)30-31-22(32)34-13-20(33)29-19-6-5-16(24)12-18(19)23(25,26)27/h2-12H,13H2,1H3,(H,29,33). The van der Waals surface area contributed by atoms with Crippen molar-refractivity contribution in [3.8, 4) is 17.1 Å². The molecule has 0 bridgehead atoms. The van der Waals surface area contributed by atoms with Gasteiger partial charge in [0.1, 0.15) is 0 Å². The molecule has 174 valence electrons. The lowest BCUT2D eigenvalue weighted by Crippen LogP contribution is -2.18. The minimum absolute atomic E-state index is 0.159. The van der Waals surface area contributed by atoms with Gasteiger partial charge in [0.2, 0.25) is 5.91 Å². The van der Waals surface area contributed by atoms with Gasteiger partial charge in [0.05, 0.1) is 17.0 Å². The third-order valence-electron chi connectivity index (χ3n) is 4.73. The van der Waals surface area contributed by atoms with Crippen LogP contribution in [0.3, 0.4) is 0 Å². The number of nitrogens with zero attached hydrogens (tertiary/aromatic N) is 4. The SMILES string of the molecule is Cc1cccc(-n2c(SCC(=O)Nc3ccc(Br)cc3C(F)(F)F)nnc2-c2ccncc2)c1. The zero-order valence-corrected chi connectivity index (χ0v) is 20.1. The van der Waals surface area contributed by atoms with E-state index in [0.717, 1.165) is 34.6 Å². The van der Waals surface area contributed by atoms with Gasteiger partial charge >= 0.3 is 6.18 Å². The van der Waals surface area contributed by atoms with E-state index < -0.39 is 17.6 Å². The van der Waals surface area contributed by atoms with Gasteiger partial charge in [-0.25, -0.2) is 0 Å². The number of alkyl halides is 3. The highest BCUT2D eigenvalue weighted by Gasteiger charge is 2.34. The molecule has 2 aromatic carbocycles. The summed E-state index contributed by atoms with van der Waals surface area (Å²) in [4.78, 5) is 16.6. The number of amides is 1. The highest BCUT2D eigenvalue weighted by atomic mass is 79.9. The molecule has 0 aliphatic heterocycles. The van der Waals surface area contributed by atoms with Gasteiger partial charge in [-0.1, -0.05) is 39.8 Å². The average molecular weight is 548 g/mol. The van der Waals surface area contributed by atoms with Crippen molar-refractivity contribution < 1.29 is 18.0 Å². The lowest BCUT2D eigenvalue weighted by Gasteiger charge is -2.14. The summed E-state index contributed by atoms with van der Waals surface area (Å²) in [5, 5.41) is 11.3. The number of aromatic nitrogens is 4. The van der Waals surface area contributed by atoms with Crippen LogP contribution in [-0.2, 0) is 11.0 Å². The van der Waals surface area contributed by atoms with Crippen LogP contribution >= 0.6 is 27.7 Å². The number of pyridine rings is 1. The van der Waals surface area contributed by atoms with Gasteiger partial charge in [-0.15, -0.1) is 10.2 Å². The molecule has 0 spiro atoms. The number of hydrogen-bond acceptors (Lipinski definition) is 5. The molecule has 6 nitrogen and oxygen atoms in total. The molecule has 0 atom stereocenters. The van der Waals surface area contributed by atoms with Gasteiger partial charge in [0, 0.05) is 28.1 Å². The molecule has 1 N–H and O–H groups in total. The topological polar surface area (TPSA) is 72.7 Å². The highest BCUT2D eigenvalue weighted by molar-refractivity contribution is 9.10. The Morgan fingerprint density at radius 2 is 1.85 bits per heavy atom. The summed E-state index contributed by atoms with van der Waals surface area (Å²) >= 11 is 4.11. The summed E-state index contributed by atoms with van der Waals surface area (Å²) in [6, 6.07) is 14.9. The zero-order chi connectivity index (χ0) is 24.3. The summed E-state index contributed by atoms with van der Waals surface area (Å²) < 4.78 is 42.2. The van der Waals surface area contributed by atoms with Gasteiger partial charge in [-0.05, 0) is 55.0 Å². The van der Waals surface area contributed by atoms with E-state index in [2.05, 4.69) is 36.4 Å². The quantitative estimate of drug-likeness (QED) is 0.293. The molecule has 1 amide bonds. The normalized spacial score (nSPS) is 11.4. The Morgan fingerprint density at radius 3 is 2.56 bits per heavy atom. The number of hydrogen-bond donors (Lipinski definition) is 1. The first-order valence-corrected chi connectivity index (χ1v) is 11.7. The number of rotatable bonds is 6. The van der Waals surface area contributed by atoms with Crippen LogP contribution in [0.1, 0.15) is 11.1 Å².